The molecule has 3 aromatic rings. The summed E-state index contributed by atoms with van der Waals surface area (Å²) < 4.78 is 0. The van der Waals surface area contributed by atoms with Crippen LogP contribution in [-0.2, 0) is 4.79 Å². The number of hydrazine groups is 1. The molecular formula is C15H15ClN6O. The first kappa shape index (κ1) is 15.2. The van der Waals surface area contributed by atoms with E-state index in [4.69, 9.17) is 11.6 Å². The lowest BCUT2D eigenvalue weighted by Gasteiger charge is -2.12. The predicted octanol–water partition coefficient (Wildman–Crippen LogP) is 2.75. The van der Waals surface area contributed by atoms with Gasteiger partial charge in [0.05, 0.1) is 11.0 Å². The smallest absolute Gasteiger partial charge is 0.235 e. The van der Waals surface area contributed by atoms with Gasteiger partial charge in [0.2, 0.25) is 5.91 Å². The van der Waals surface area contributed by atoms with Gasteiger partial charge in [-0.3, -0.25) is 20.7 Å². The minimum Gasteiger partial charge on any atom is -0.280 e. The van der Waals surface area contributed by atoms with Gasteiger partial charge in [-0.25, -0.2) is 9.97 Å². The summed E-state index contributed by atoms with van der Waals surface area (Å²) in [6.07, 6.45) is 0. The zero-order chi connectivity index (χ0) is 16.6. The SMILES string of the molecule is CC(=O)NNc1nc2ccc(C)c(C)c2nc1-c1cc(Cl)[nH]n1. The molecule has 8 heteroatoms. The Morgan fingerprint density at radius 2 is 2.04 bits per heavy atom. The summed E-state index contributed by atoms with van der Waals surface area (Å²) in [5, 5.41) is 7.18. The monoisotopic (exact) mass is 330 g/mol. The Morgan fingerprint density at radius 1 is 1.26 bits per heavy atom. The summed E-state index contributed by atoms with van der Waals surface area (Å²) in [5.74, 6) is 0.164. The number of hydrogen-bond donors (Lipinski definition) is 3. The van der Waals surface area contributed by atoms with Crippen molar-refractivity contribution in [3.8, 4) is 11.4 Å². The summed E-state index contributed by atoms with van der Waals surface area (Å²) in [4.78, 5) is 20.4. The molecule has 0 spiro atoms. The van der Waals surface area contributed by atoms with Crippen molar-refractivity contribution < 1.29 is 4.79 Å². The van der Waals surface area contributed by atoms with E-state index >= 15 is 0 Å². The number of aromatic amines is 1. The maximum absolute atomic E-state index is 11.2. The molecule has 2 heterocycles. The molecule has 3 N–H and O–H groups in total. The number of anilines is 1. The largest absolute Gasteiger partial charge is 0.280 e. The van der Waals surface area contributed by atoms with E-state index in [1.54, 1.807) is 6.07 Å². The number of carbonyl (C=O) groups excluding carboxylic acids is 1. The lowest BCUT2D eigenvalue weighted by molar-refractivity contribution is -0.118. The van der Waals surface area contributed by atoms with E-state index in [0.717, 1.165) is 22.2 Å². The number of fused-ring (bicyclic) bond motifs is 1. The van der Waals surface area contributed by atoms with E-state index < -0.39 is 0 Å². The van der Waals surface area contributed by atoms with Crippen LogP contribution >= 0.6 is 11.6 Å². The minimum atomic E-state index is -0.238. The van der Waals surface area contributed by atoms with Gasteiger partial charge in [0.1, 0.15) is 16.5 Å². The number of rotatable bonds is 3. The third kappa shape index (κ3) is 2.95. The van der Waals surface area contributed by atoms with Crippen molar-refractivity contribution in [2.24, 2.45) is 0 Å². The molecule has 23 heavy (non-hydrogen) atoms. The highest BCUT2D eigenvalue weighted by Crippen LogP contribution is 2.28. The molecule has 3 rings (SSSR count). The van der Waals surface area contributed by atoms with Crippen molar-refractivity contribution in [1.82, 2.24) is 25.6 Å². The lowest BCUT2D eigenvalue weighted by Crippen LogP contribution is -2.27. The van der Waals surface area contributed by atoms with Crippen LogP contribution < -0.4 is 10.9 Å². The third-order valence-corrected chi connectivity index (χ3v) is 3.70. The van der Waals surface area contributed by atoms with Crippen LogP contribution in [0.15, 0.2) is 18.2 Å². The molecule has 0 unspecified atom stereocenters. The summed E-state index contributed by atoms with van der Waals surface area (Å²) >= 11 is 5.91. The number of nitrogens with zero attached hydrogens (tertiary/aromatic N) is 3. The fourth-order valence-corrected chi connectivity index (χ4v) is 2.33. The Morgan fingerprint density at radius 3 is 2.70 bits per heavy atom. The first-order valence-corrected chi connectivity index (χ1v) is 7.35. The molecule has 0 atom stereocenters. The lowest BCUT2D eigenvalue weighted by atomic mass is 10.1. The molecule has 0 fully saturated rings. The van der Waals surface area contributed by atoms with Gasteiger partial charge in [-0.05, 0) is 31.0 Å². The molecule has 0 aliphatic heterocycles. The van der Waals surface area contributed by atoms with Crippen LogP contribution in [-0.4, -0.2) is 26.1 Å². The second-order valence-electron chi connectivity index (χ2n) is 5.20. The summed E-state index contributed by atoms with van der Waals surface area (Å²) in [6.45, 7) is 5.42. The number of nitrogens with one attached hydrogen (secondary N) is 3. The van der Waals surface area contributed by atoms with Gasteiger partial charge in [-0.2, -0.15) is 5.10 Å². The van der Waals surface area contributed by atoms with Gasteiger partial charge in [0.15, 0.2) is 5.82 Å². The number of benzene rings is 1. The Balaban J connectivity index is 2.21. The van der Waals surface area contributed by atoms with Crippen molar-refractivity contribution in [1.29, 1.82) is 0 Å². The van der Waals surface area contributed by atoms with E-state index in [0.29, 0.717) is 22.4 Å². The predicted molar refractivity (Wildman–Crippen MR) is 89.0 cm³/mol. The molecule has 7 nitrogen and oxygen atoms in total. The number of hydrogen-bond acceptors (Lipinski definition) is 5. The fourth-order valence-electron chi connectivity index (χ4n) is 2.19. The van der Waals surface area contributed by atoms with E-state index in [1.165, 1.54) is 6.92 Å². The molecule has 1 aromatic carbocycles. The highest BCUT2D eigenvalue weighted by molar-refractivity contribution is 6.29. The maximum atomic E-state index is 11.2. The second kappa shape index (κ2) is 5.85. The molecule has 0 radical (unpaired) electrons. The molecule has 0 bridgehead atoms. The number of halogens is 1. The van der Waals surface area contributed by atoms with Crippen LogP contribution in [0, 0.1) is 13.8 Å². The van der Waals surface area contributed by atoms with Crippen LogP contribution in [0.25, 0.3) is 22.4 Å². The third-order valence-electron chi connectivity index (χ3n) is 3.51. The molecule has 118 valence electrons. The van der Waals surface area contributed by atoms with Crippen molar-refractivity contribution >= 4 is 34.4 Å². The molecule has 0 saturated heterocycles. The number of carbonyl (C=O) groups is 1. The first-order valence-electron chi connectivity index (χ1n) is 6.97. The average molecular weight is 331 g/mol. The van der Waals surface area contributed by atoms with Crippen molar-refractivity contribution in [2.75, 3.05) is 5.43 Å². The number of aryl methyl sites for hydroxylation is 2. The standard InChI is InChI=1S/C15H15ClN6O/c1-7-4-5-10-13(8(7)2)18-14(11-6-12(16)21-20-11)15(17-10)22-19-9(3)23/h4-6H,1-3H3,(H,17,22)(H,19,23)(H,20,21). The Bertz CT molecular complexity index is 904. The number of H-pyrrole nitrogens is 1. The van der Waals surface area contributed by atoms with E-state index in [2.05, 4.69) is 31.0 Å². The molecule has 0 saturated carbocycles. The number of amides is 1. The average Bonchev–Trinajstić information content (AvgIpc) is 2.94. The van der Waals surface area contributed by atoms with Crippen LogP contribution in [0.2, 0.25) is 5.15 Å². The van der Waals surface area contributed by atoms with Crippen LogP contribution in [0.5, 0.6) is 0 Å². The van der Waals surface area contributed by atoms with Crippen LogP contribution in [0.3, 0.4) is 0 Å². The quantitative estimate of drug-likeness (QED) is 0.642. The van der Waals surface area contributed by atoms with Crippen molar-refractivity contribution in [2.45, 2.75) is 20.8 Å². The van der Waals surface area contributed by atoms with Gasteiger partial charge in [-0.15, -0.1) is 0 Å². The van der Waals surface area contributed by atoms with Crippen molar-refractivity contribution in [3.63, 3.8) is 0 Å². The highest BCUT2D eigenvalue weighted by atomic mass is 35.5. The Hall–Kier alpha value is -2.67. The Kier molecular flexibility index (Phi) is 3.87. The van der Waals surface area contributed by atoms with E-state index in [-0.39, 0.29) is 5.91 Å². The van der Waals surface area contributed by atoms with Crippen LogP contribution in [0.1, 0.15) is 18.1 Å². The Labute approximate surface area is 137 Å². The second-order valence-corrected chi connectivity index (χ2v) is 5.61. The summed E-state index contributed by atoms with van der Waals surface area (Å²) in [6, 6.07) is 5.53. The van der Waals surface area contributed by atoms with E-state index in [9.17, 15) is 4.79 Å². The van der Waals surface area contributed by atoms with Crippen LogP contribution in [0.4, 0.5) is 5.82 Å². The maximum Gasteiger partial charge on any atom is 0.235 e. The first-order chi connectivity index (χ1) is 11.0. The number of aromatic nitrogens is 4. The molecule has 0 aliphatic carbocycles. The highest BCUT2D eigenvalue weighted by Gasteiger charge is 2.15. The molecule has 1 amide bonds. The van der Waals surface area contributed by atoms with Gasteiger partial charge in [0, 0.05) is 13.0 Å². The minimum absolute atomic E-state index is 0.238. The normalized spacial score (nSPS) is 10.8. The summed E-state index contributed by atoms with van der Waals surface area (Å²) in [7, 11) is 0. The molecule has 2 aromatic heterocycles. The fraction of sp³-hybridized carbons (Fsp3) is 0.200. The molecular weight excluding hydrogens is 316 g/mol. The topological polar surface area (TPSA) is 95.6 Å². The zero-order valence-electron chi connectivity index (χ0n) is 12.9. The van der Waals surface area contributed by atoms with Gasteiger partial charge in [0.25, 0.3) is 0 Å². The van der Waals surface area contributed by atoms with Crippen molar-refractivity contribution in [3.05, 3.63) is 34.5 Å². The molecule has 0 aliphatic rings. The van der Waals surface area contributed by atoms with Gasteiger partial charge < -0.3 is 0 Å². The summed E-state index contributed by atoms with van der Waals surface area (Å²) in [5.41, 5.74) is 10.0. The van der Waals surface area contributed by atoms with E-state index in [1.807, 2.05) is 26.0 Å². The zero-order valence-corrected chi connectivity index (χ0v) is 13.6. The van der Waals surface area contributed by atoms with Gasteiger partial charge >= 0.3 is 0 Å². The van der Waals surface area contributed by atoms with Gasteiger partial charge in [-0.1, -0.05) is 17.7 Å².